The van der Waals surface area contributed by atoms with Gasteiger partial charge >= 0.3 is 0 Å². The zero-order chi connectivity index (χ0) is 11.4. The fraction of sp³-hybridized carbons (Fsp3) is 0.214. The van der Waals surface area contributed by atoms with Gasteiger partial charge in [0.2, 0.25) is 0 Å². The average molecular weight is 212 g/mol. The Hall–Kier alpha value is -1.83. The molecule has 2 aromatic rings. The van der Waals surface area contributed by atoms with Crippen molar-refractivity contribution in [3.63, 3.8) is 0 Å². The molecular formula is C14H16N2. The third kappa shape index (κ3) is 2.60. The minimum absolute atomic E-state index is 0.988. The Balaban J connectivity index is 2.11. The molecule has 0 aliphatic carbocycles. The molecule has 0 fully saturated rings. The van der Waals surface area contributed by atoms with Gasteiger partial charge in [-0.05, 0) is 23.6 Å². The second-order valence-corrected chi connectivity index (χ2v) is 3.89. The van der Waals surface area contributed by atoms with Crippen LogP contribution < -0.4 is 0 Å². The number of nitrogens with zero attached hydrogens (tertiary/aromatic N) is 2. The first-order chi connectivity index (χ1) is 7.78. The Labute approximate surface area is 96.3 Å². The van der Waals surface area contributed by atoms with Gasteiger partial charge in [-0.1, -0.05) is 31.2 Å². The first kappa shape index (κ1) is 10.7. The number of hydrogen-bond acceptors (Lipinski definition) is 1. The van der Waals surface area contributed by atoms with Gasteiger partial charge in [0, 0.05) is 25.7 Å². The van der Waals surface area contributed by atoms with E-state index >= 15 is 0 Å². The SMILES string of the molecule is CCc1ccc(C=Nc2ccn(C)c2)cc1. The van der Waals surface area contributed by atoms with E-state index in [0.717, 1.165) is 17.7 Å². The Morgan fingerprint density at radius 3 is 2.50 bits per heavy atom. The van der Waals surface area contributed by atoms with Crippen molar-refractivity contribution in [3.8, 4) is 0 Å². The highest BCUT2D eigenvalue weighted by Crippen LogP contribution is 2.11. The van der Waals surface area contributed by atoms with Crippen LogP contribution in [0.2, 0.25) is 0 Å². The Kier molecular flexibility index (Phi) is 3.20. The minimum atomic E-state index is 0.988. The monoisotopic (exact) mass is 212 g/mol. The fourth-order valence-electron chi connectivity index (χ4n) is 1.55. The first-order valence-corrected chi connectivity index (χ1v) is 5.53. The van der Waals surface area contributed by atoms with Gasteiger partial charge in [-0.15, -0.1) is 0 Å². The number of aromatic nitrogens is 1. The van der Waals surface area contributed by atoms with Crippen LogP contribution in [-0.2, 0) is 13.5 Å². The normalized spacial score (nSPS) is 11.1. The molecule has 0 atom stereocenters. The standard InChI is InChI=1S/C14H16N2/c1-3-12-4-6-13(7-5-12)10-15-14-8-9-16(2)11-14/h4-11H,3H2,1-2H3. The number of aryl methyl sites for hydroxylation is 2. The molecule has 16 heavy (non-hydrogen) atoms. The molecule has 0 radical (unpaired) electrons. The van der Waals surface area contributed by atoms with Crippen molar-refractivity contribution in [3.05, 3.63) is 53.9 Å². The molecule has 0 N–H and O–H groups in total. The summed E-state index contributed by atoms with van der Waals surface area (Å²) in [5.74, 6) is 0. The molecule has 0 bridgehead atoms. The maximum absolute atomic E-state index is 4.41. The van der Waals surface area contributed by atoms with Gasteiger partial charge in [-0.25, -0.2) is 0 Å². The van der Waals surface area contributed by atoms with Crippen LogP contribution >= 0.6 is 0 Å². The summed E-state index contributed by atoms with van der Waals surface area (Å²) < 4.78 is 1.99. The molecule has 82 valence electrons. The lowest BCUT2D eigenvalue weighted by Crippen LogP contribution is -1.83. The zero-order valence-corrected chi connectivity index (χ0v) is 9.72. The molecule has 0 aliphatic heterocycles. The lowest BCUT2D eigenvalue weighted by Gasteiger charge is -1.96. The van der Waals surface area contributed by atoms with Crippen LogP contribution in [0.25, 0.3) is 0 Å². The molecule has 0 unspecified atom stereocenters. The molecule has 0 spiro atoms. The summed E-state index contributed by atoms with van der Waals surface area (Å²) in [6, 6.07) is 10.5. The summed E-state index contributed by atoms with van der Waals surface area (Å²) in [7, 11) is 2.00. The second-order valence-electron chi connectivity index (χ2n) is 3.89. The third-order valence-electron chi connectivity index (χ3n) is 2.57. The van der Waals surface area contributed by atoms with Gasteiger partial charge in [-0.3, -0.25) is 4.99 Å². The molecule has 1 aromatic carbocycles. The first-order valence-electron chi connectivity index (χ1n) is 5.53. The predicted octanol–water partition coefficient (Wildman–Crippen LogP) is 3.34. The highest BCUT2D eigenvalue weighted by atomic mass is 14.9. The van der Waals surface area contributed by atoms with Gasteiger partial charge in [0.1, 0.15) is 0 Å². The van der Waals surface area contributed by atoms with Crippen molar-refractivity contribution in [1.82, 2.24) is 4.57 Å². The number of benzene rings is 1. The van der Waals surface area contributed by atoms with E-state index in [2.05, 4.69) is 36.2 Å². The maximum atomic E-state index is 4.41. The Bertz CT molecular complexity index is 478. The van der Waals surface area contributed by atoms with E-state index in [4.69, 9.17) is 0 Å². The van der Waals surface area contributed by atoms with E-state index in [1.54, 1.807) is 0 Å². The molecular weight excluding hydrogens is 196 g/mol. The quantitative estimate of drug-likeness (QED) is 0.694. The lowest BCUT2D eigenvalue weighted by molar-refractivity contribution is 0.928. The largest absolute Gasteiger partial charge is 0.355 e. The molecule has 2 nitrogen and oxygen atoms in total. The van der Waals surface area contributed by atoms with Crippen molar-refractivity contribution in [2.24, 2.45) is 12.0 Å². The lowest BCUT2D eigenvalue weighted by atomic mass is 10.1. The van der Waals surface area contributed by atoms with E-state index < -0.39 is 0 Å². The van der Waals surface area contributed by atoms with E-state index in [9.17, 15) is 0 Å². The van der Waals surface area contributed by atoms with E-state index in [-0.39, 0.29) is 0 Å². The van der Waals surface area contributed by atoms with Crippen LogP contribution in [0.5, 0.6) is 0 Å². The van der Waals surface area contributed by atoms with Crippen LogP contribution in [0, 0.1) is 0 Å². The summed E-state index contributed by atoms with van der Waals surface area (Å²) in [5.41, 5.74) is 3.49. The predicted molar refractivity (Wildman–Crippen MR) is 68.5 cm³/mol. The van der Waals surface area contributed by atoms with Crippen LogP contribution in [0.4, 0.5) is 5.69 Å². The zero-order valence-electron chi connectivity index (χ0n) is 9.72. The molecule has 2 rings (SSSR count). The van der Waals surface area contributed by atoms with Crippen LogP contribution in [0.1, 0.15) is 18.1 Å². The van der Waals surface area contributed by atoms with E-state index in [0.29, 0.717) is 0 Å². The summed E-state index contributed by atoms with van der Waals surface area (Å²) in [6.45, 7) is 2.16. The average Bonchev–Trinajstić information content (AvgIpc) is 2.73. The molecule has 0 saturated heterocycles. The molecule has 1 heterocycles. The van der Waals surface area contributed by atoms with Gasteiger partial charge < -0.3 is 4.57 Å². The number of hydrogen-bond donors (Lipinski definition) is 0. The smallest absolute Gasteiger partial charge is 0.0806 e. The summed E-state index contributed by atoms with van der Waals surface area (Å²) >= 11 is 0. The number of rotatable bonds is 3. The van der Waals surface area contributed by atoms with Gasteiger partial charge in [0.05, 0.1) is 5.69 Å². The maximum Gasteiger partial charge on any atom is 0.0806 e. The molecule has 0 aliphatic rings. The summed E-state index contributed by atoms with van der Waals surface area (Å²) in [5, 5.41) is 0. The van der Waals surface area contributed by atoms with E-state index in [1.807, 2.05) is 36.3 Å². The summed E-state index contributed by atoms with van der Waals surface area (Å²) in [4.78, 5) is 4.41. The van der Waals surface area contributed by atoms with Crippen LogP contribution in [-0.4, -0.2) is 10.8 Å². The molecule has 0 saturated carbocycles. The molecule has 2 heteroatoms. The van der Waals surface area contributed by atoms with Crippen molar-refractivity contribution in [1.29, 1.82) is 0 Å². The van der Waals surface area contributed by atoms with Crippen molar-refractivity contribution < 1.29 is 0 Å². The van der Waals surface area contributed by atoms with Crippen molar-refractivity contribution in [2.75, 3.05) is 0 Å². The Morgan fingerprint density at radius 1 is 1.19 bits per heavy atom. The van der Waals surface area contributed by atoms with Crippen molar-refractivity contribution in [2.45, 2.75) is 13.3 Å². The highest BCUT2D eigenvalue weighted by Gasteiger charge is 1.91. The molecule has 1 aromatic heterocycles. The number of aliphatic imine (C=N–C) groups is 1. The van der Waals surface area contributed by atoms with Gasteiger partial charge in [0.15, 0.2) is 0 Å². The van der Waals surface area contributed by atoms with Crippen LogP contribution in [0.15, 0.2) is 47.7 Å². The third-order valence-corrected chi connectivity index (χ3v) is 2.57. The molecule has 0 amide bonds. The van der Waals surface area contributed by atoms with Crippen LogP contribution in [0.3, 0.4) is 0 Å². The highest BCUT2D eigenvalue weighted by molar-refractivity contribution is 5.81. The van der Waals surface area contributed by atoms with E-state index in [1.165, 1.54) is 5.56 Å². The van der Waals surface area contributed by atoms with Gasteiger partial charge in [-0.2, -0.15) is 0 Å². The topological polar surface area (TPSA) is 17.3 Å². The minimum Gasteiger partial charge on any atom is -0.355 e. The van der Waals surface area contributed by atoms with Gasteiger partial charge in [0.25, 0.3) is 0 Å². The fourth-order valence-corrected chi connectivity index (χ4v) is 1.55. The summed E-state index contributed by atoms with van der Waals surface area (Å²) in [6.07, 6.45) is 6.97. The second kappa shape index (κ2) is 4.79. The Morgan fingerprint density at radius 2 is 1.94 bits per heavy atom. The van der Waals surface area contributed by atoms with Crippen molar-refractivity contribution >= 4 is 11.9 Å².